The molecule has 0 spiro atoms. The third-order valence-electron chi connectivity index (χ3n) is 18.3. The molecule has 2 fully saturated rings. The summed E-state index contributed by atoms with van der Waals surface area (Å²) < 4.78 is 16.5. The molecule has 582 valence electrons. The van der Waals surface area contributed by atoms with E-state index in [1.807, 2.05) is 149 Å². The third-order valence-corrected chi connectivity index (χ3v) is 18.3. The van der Waals surface area contributed by atoms with E-state index in [-0.39, 0.29) is 48.1 Å². The maximum absolute atomic E-state index is 12.2. The van der Waals surface area contributed by atoms with Crippen LogP contribution in [0.2, 0.25) is 0 Å². The highest BCUT2D eigenvalue weighted by molar-refractivity contribution is 6.04. The number of aromatic amines is 4. The van der Waals surface area contributed by atoms with Crippen LogP contribution in [0.15, 0.2) is 176 Å². The number of anilines is 5. The van der Waals surface area contributed by atoms with E-state index in [1.54, 1.807) is 12.0 Å². The van der Waals surface area contributed by atoms with Crippen LogP contribution in [0.4, 0.5) is 48.1 Å². The standard InChI is InChI=1S/C22H24N6O3.C22H28N4O3.C20H23N5O.C20H22N4O2/c1-14(29)24-17-5-2-4-15(12-17)16-7-8-18-19(13-16)26-27-21(18)25-22(31)23-9-11-28-10-3-6-20(28)30;1-14(2)29-11-5-10-23-22(27)24-21-17-8-7-16(13-19(17)25-26-21)18-12-15(3)6-9-20(18)28-4;1-13(2)21-9-10-22-20(26)23-19-17-8-7-16(12-18(17)24-25-19)15-6-4-5-14(3)11-15;1-13-4-2-5-14(10-13)15-7-8-17-18(11-15)23-24-19(17)22-20(25)21-12-16-6-3-9-26-16/h2,4-5,7-8,12-13H,3,6,9-11H2,1H3,(H,24,29)(H3,23,25,26,27,31);6-9,12-14H,5,10-11H2,1-4H3,(H3,23,24,25,26,27);4-8,11-12,21H,1,9-10H2,2-3H3,(H3,22,23,24,25,26);2,4-5,7-8,10-11,16H,3,6,9,12H2,1H3,(H3,21,22,23,24,25). The smallest absolute Gasteiger partial charge is 0.320 e. The average Bonchev–Trinajstić information content (AvgIpc) is 1.60. The second-order valence-electron chi connectivity index (χ2n) is 27.6. The van der Waals surface area contributed by atoms with E-state index in [2.05, 4.69) is 157 Å². The van der Waals surface area contributed by atoms with Crippen LogP contribution in [-0.4, -0.2) is 160 Å². The molecule has 28 heteroatoms. The highest BCUT2D eigenvalue weighted by Crippen LogP contribution is 2.35. The molecule has 2 aliphatic heterocycles. The lowest BCUT2D eigenvalue weighted by molar-refractivity contribution is -0.127. The number of rotatable bonds is 24. The van der Waals surface area contributed by atoms with Gasteiger partial charge in [0.05, 0.1) is 41.4 Å². The van der Waals surface area contributed by atoms with Crippen LogP contribution in [-0.2, 0) is 19.1 Å². The van der Waals surface area contributed by atoms with Gasteiger partial charge in [0.15, 0.2) is 23.3 Å². The van der Waals surface area contributed by atoms with Gasteiger partial charge in [0.1, 0.15) is 5.75 Å². The molecule has 14 rings (SSSR count). The van der Waals surface area contributed by atoms with Gasteiger partial charge >= 0.3 is 24.1 Å². The molecular weight excluding hydrogens is 1420 g/mol. The Morgan fingerprint density at radius 1 is 0.518 bits per heavy atom. The van der Waals surface area contributed by atoms with E-state index in [4.69, 9.17) is 14.2 Å². The largest absolute Gasteiger partial charge is 0.496 e. The molecule has 4 aromatic heterocycles. The molecule has 6 heterocycles. The van der Waals surface area contributed by atoms with E-state index < -0.39 is 0 Å². The zero-order valence-corrected chi connectivity index (χ0v) is 64.3. The van der Waals surface area contributed by atoms with Crippen LogP contribution in [0.5, 0.6) is 5.75 Å². The fraction of sp³-hybridized carbons (Fsp3) is 0.286. The molecule has 1 atom stereocenters. The summed E-state index contributed by atoms with van der Waals surface area (Å²) in [4.78, 5) is 73.1. The number of hydrogen-bond acceptors (Lipinski definition) is 14. The summed E-state index contributed by atoms with van der Waals surface area (Å²) in [6.07, 6.45) is 4.59. The number of fused-ring (bicyclic) bond motifs is 4. The van der Waals surface area contributed by atoms with Gasteiger partial charge in [-0.1, -0.05) is 114 Å². The zero-order chi connectivity index (χ0) is 79.0. The molecule has 112 heavy (non-hydrogen) atoms. The summed E-state index contributed by atoms with van der Waals surface area (Å²) in [7, 11) is 1.67. The van der Waals surface area contributed by atoms with Gasteiger partial charge in [-0.05, 0) is 179 Å². The van der Waals surface area contributed by atoms with E-state index in [0.29, 0.717) is 75.6 Å². The Morgan fingerprint density at radius 2 is 0.973 bits per heavy atom. The highest BCUT2D eigenvalue weighted by Gasteiger charge is 2.22. The molecular formula is C84H97N19O9. The SMILES string of the molecule is C=C(C)NCCNC(=O)Nc1n[nH]c2cc(-c3cccc(C)c3)ccc12.CC(=O)Nc1cccc(-c2ccc3c(NC(=O)NCCN4CCCC4=O)n[nH]c3c2)c1.COc1ccc(C)cc1-c1ccc2c(NC(=O)NCCCOC(C)C)n[nH]c2c1.Cc1cccc(-c2ccc3c(NC(=O)NCC4CCCO4)n[nH]c3c2)c1. The van der Waals surface area contributed by atoms with E-state index in [9.17, 15) is 28.8 Å². The van der Waals surface area contributed by atoms with Crippen molar-refractivity contribution in [2.75, 3.05) is 92.7 Å². The van der Waals surface area contributed by atoms with Crippen molar-refractivity contribution < 1.29 is 43.0 Å². The Labute approximate surface area is 649 Å². The molecule has 12 aromatic rings. The Balaban J connectivity index is 0.000000148. The Kier molecular flexibility index (Phi) is 27.7. The summed E-state index contributed by atoms with van der Waals surface area (Å²) in [6, 6.07) is 53.0. The summed E-state index contributed by atoms with van der Waals surface area (Å²) >= 11 is 0. The summed E-state index contributed by atoms with van der Waals surface area (Å²) in [6.45, 7) is 22.5. The lowest BCUT2D eigenvalue weighted by Gasteiger charge is -2.15. The van der Waals surface area contributed by atoms with E-state index in [0.717, 1.165) is 150 Å². The number of carbonyl (C=O) groups is 6. The second kappa shape index (κ2) is 38.8. The molecule has 14 N–H and O–H groups in total. The third kappa shape index (κ3) is 22.5. The molecule has 8 aromatic carbocycles. The number of aryl methyl sites for hydroxylation is 3. The Bertz CT molecular complexity index is 5290. The fourth-order valence-corrected chi connectivity index (χ4v) is 12.8. The van der Waals surface area contributed by atoms with Crippen molar-refractivity contribution in [1.29, 1.82) is 0 Å². The number of nitrogens with one attached hydrogen (secondary N) is 14. The number of hydrogen-bond donors (Lipinski definition) is 14. The summed E-state index contributed by atoms with van der Waals surface area (Å²) in [5.74, 6) is 2.80. The first-order valence-electron chi connectivity index (χ1n) is 37.4. The predicted octanol–water partition coefficient (Wildman–Crippen LogP) is 15.0. The van der Waals surface area contributed by atoms with Gasteiger partial charge in [-0.2, -0.15) is 20.4 Å². The van der Waals surface area contributed by atoms with Crippen LogP contribution >= 0.6 is 0 Å². The minimum absolute atomic E-state index is 0.119. The number of likely N-dealkylation sites (tertiary alicyclic amines) is 1. The van der Waals surface area contributed by atoms with Gasteiger partial charge in [0.25, 0.3) is 0 Å². The quantitative estimate of drug-likeness (QED) is 0.0250. The lowest BCUT2D eigenvalue weighted by atomic mass is 10.0. The molecule has 10 amide bonds. The van der Waals surface area contributed by atoms with E-state index >= 15 is 0 Å². The number of carbonyl (C=O) groups excluding carboxylic acids is 6. The average molecular weight is 1520 g/mol. The maximum atomic E-state index is 12.2. The number of benzene rings is 8. The number of aromatic nitrogens is 8. The molecule has 28 nitrogen and oxygen atoms in total. The van der Waals surface area contributed by atoms with Gasteiger partial charge in [-0.3, -0.25) is 51.3 Å². The van der Waals surface area contributed by atoms with E-state index in [1.165, 1.54) is 18.1 Å². The minimum atomic E-state index is -0.368. The highest BCUT2D eigenvalue weighted by atomic mass is 16.5. The van der Waals surface area contributed by atoms with Crippen LogP contribution < -0.4 is 57.9 Å². The molecule has 0 radical (unpaired) electrons. The number of methoxy groups -OCH3 is 1. The maximum Gasteiger partial charge on any atom is 0.320 e. The predicted molar refractivity (Wildman–Crippen MR) is 443 cm³/mol. The van der Waals surface area contributed by atoms with Crippen molar-refractivity contribution in [3.8, 4) is 50.3 Å². The van der Waals surface area contributed by atoms with Crippen molar-refractivity contribution in [3.05, 3.63) is 193 Å². The second-order valence-corrected chi connectivity index (χ2v) is 27.6. The first-order valence-corrected chi connectivity index (χ1v) is 37.4. The van der Waals surface area contributed by atoms with Gasteiger partial charge < -0.3 is 51.0 Å². The number of H-pyrrole nitrogens is 4. The topological polar surface area (TPSA) is 368 Å². The van der Waals surface area contributed by atoms with Gasteiger partial charge in [-0.15, -0.1) is 0 Å². The molecule has 2 saturated heterocycles. The van der Waals surface area contributed by atoms with Crippen LogP contribution in [0.1, 0.15) is 76.5 Å². The van der Waals surface area contributed by atoms with Crippen molar-refractivity contribution in [2.24, 2.45) is 0 Å². The molecule has 0 bridgehead atoms. The van der Waals surface area contributed by atoms with Gasteiger partial charge in [0.2, 0.25) is 11.8 Å². The Hall–Kier alpha value is -13.1. The number of ether oxygens (including phenoxy) is 3. The van der Waals surface area contributed by atoms with Crippen LogP contribution in [0.25, 0.3) is 88.1 Å². The molecule has 1 unspecified atom stereocenters. The number of allylic oxidation sites excluding steroid dienone is 1. The lowest BCUT2D eigenvalue weighted by Crippen LogP contribution is -2.37. The molecule has 0 aliphatic carbocycles. The normalized spacial score (nSPS) is 12.9. The number of amides is 10. The van der Waals surface area contributed by atoms with Crippen molar-refractivity contribution in [3.63, 3.8) is 0 Å². The Morgan fingerprint density at radius 3 is 1.44 bits per heavy atom. The zero-order valence-electron chi connectivity index (χ0n) is 64.3. The monoisotopic (exact) mass is 1520 g/mol. The van der Waals surface area contributed by atoms with Gasteiger partial charge in [0, 0.05) is 111 Å². The van der Waals surface area contributed by atoms with Gasteiger partial charge in [-0.25, -0.2) is 19.2 Å². The number of nitrogens with zero attached hydrogens (tertiary/aromatic N) is 5. The van der Waals surface area contributed by atoms with Crippen LogP contribution in [0, 0.1) is 20.8 Å². The first kappa shape index (κ1) is 79.9. The number of urea groups is 4. The first-order chi connectivity index (χ1) is 54.2. The summed E-state index contributed by atoms with van der Waals surface area (Å²) in [5.41, 5.74) is 17.0. The fourth-order valence-electron chi connectivity index (χ4n) is 12.8. The minimum Gasteiger partial charge on any atom is -0.496 e. The van der Waals surface area contributed by atoms with Crippen molar-refractivity contribution in [1.82, 2.24) is 72.3 Å². The summed E-state index contributed by atoms with van der Waals surface area (Å²) in [5, 5.41) is 60.4. The molecule has 2 aliphatic rings. The van der Waals surface area contributed by atoms with Crippen molar-refractivity contribution in [2.45, 2.75) is 92.8 Å². The van der Waals surface area contributed by atoms with Crippen molar-refractivity contribution >= 4 is 109 Å². The van der Waals surface area contributed by atoms with Crippen LogP contribution in [0.3, 0.4) is 0 Å². The molecule has 0 saturated carbocycles.